The fraction of sp³-hybridized carbons (Fsp3) is 0.300. The highest BCUT2D eigenvalue weighted by molar-refractivity contribution is 6.33. The summed E-state index contributed by atoms with van der Waals surface area (Å²) in [6.07, 6.45) is 0.803. The molecular formula is C10H11ClFNO. The second kappa shape index (κ2) is 4.96. The molecule has 0 aliphatic rings. The van der Waals surface area contributed by atoms with Gasteiger partial charge in [0.15, 0.2) is 0 Å². The Hall–Kier alpha value is -1.09. The molecule has 0 saturated heterocycles. The van der Waals surface area contributed by atoms with E-state index >= 15 is 0 Å². The van der Waals surface area contributed by atoms with E-state index in [-0.39, 0.29) is 10.6 Å². The summed E-state index contributed by atoms with van der Waals surface area (Å²) in [4.78, 5) is 11.4. The average Bonchev–Trinajstić information content (AvgIpc) is 2.14. The van der Waals surface area contributed by atoms with Crippen LogP contribution in [0, 0.1) is 5.82 Å². The first-order chi connectivity index (χ1) is 6.66. The van der Waals surface area contributed by atoms with Crippen LogP contribution in [-0.4, -0.2) is 12.5 Å². The van der Waals surface area contributed by atoms with Gasteiger partial charge in [-0.2, -0.15) is 0 Å². The van der Waals surface area contributed by atoms with E-state index in [1.807, 2.05) is 6.92 Å². The maximum absolute atomic E-state index is 13.2. The third kappa shape index (κ3) is 2.45. The zero-order chi connectivity index (χ0) is 10.6. The van der Waals surface area contributed by atoms with Crippen molar-refractivity contribution in [2.45, 2.75) is 13.3 Å². The third-order valence-corrected chi connectivity index (χ3v) is 2.04. The predicted octanol–water partition coefficient (Wildman–Crippen LogP) is 2.62. The smallest absolute Gasteiger partial charge is 0.255 e. The molecule has 4 heteroatoms. The van der Waals surface area contributed by atoms with Crippen LogP contribution < -0.4 is 5.32 Å². The maximum atomic E-state index is 13.2. The van der Waals surface area contributed by atoms with E-state index in [0.717, 1.165) is 6.42 Å². The maximum Gasteiger partial charge on any atom is 0.255 e. The van der Waals surface area contributed by atoms with Crippen molar-refractivity contribution in [1.82, 2.24) is 5.32 Å². The molecule has 0 fully saturated rings. The van der Waals surface area contributed by atoms with Crippen LogP contribution >= 0.6 is 11.6 Å². The molecule has 1 N–H and O–H groups in total. The number of hydrogen-bond donors (Lipinski definition) is 1. The molecule has 0 aliphatic heterocycles. The molecule has 1 rings (SSSR count). The van der Waals surface area contributed by atoms with Crippen molar-refractivity contribution in [3.63, 3.8) is 0 Å². The zero-order valence-electron chi connectivity index (χ0n) is 7.81. The van der Waals surface area contributed by atoms with Crippen molar-refractivity contribution >= 4 is 17.5 Å². The molecule has 2 nitrogen and oxygen atoms in total. The minimum absolute atomic E-state index is 0.0809. The normalized spacial score (nSPS) is 9.93. The Morgan fingerprint density at radius 3 is 2.86 bits per heavy atom. The number of nitrogens with one attached hydrogen (secondary N) is 1. The number of benzene rings is 1. The van der Waals surface area contributed by atoms with E-state index in [1.165, 1.54) is 18.2 Å². The highest BCUT2D eigenvalue weighted by Gasteiger charge is 2.14. The lowest BCUT2D eigenvalue weighted by atomic mass is 10.2. The molecule has 76 valence electrons. The van der Waals surface area contributed by atoms with Gasteiger partial charge in [-0.25, -0.2) is 4.39 Å². The summed E-state index contributed by atoms with van der Waals surface area (Å²) in [7, 11) is 0. The zero-order valence-corrected chi connectivity index (χ0v) is 8.57. The number of halogens is 2. The third-order valence-electron chi connectivity index (χ3n) is 1.73. The second-order valence-electron chi connectivity index (χ2n) is 2.85. The van der Waals surface area contributed by atoms with Crippen molar-refractivity contribution in [3.8, 4) is 0 Å². The largest absolute Gasteiger partial charge is 0.352 e. The molecular weight excluding hydrogens is 205 g/mol. The number of carbonyl (C=O) groups excluding carboxylic acids is 1. The Morgan fingerprint density at radius 1 is 1.57 bits per heavy atom. The predicted molar refractivity (Wildman–Crippen MR) is 54.0 cm³/mol. The van der Waals surface area contributed by atoms with Crippen LogP contribution in [0.2, 0.25) is 5.02 Å². The molecule has 1 amide bonds. The highest BCUT2D eigenvalue weighted by Crippen LogP contribution is 2.18. The Bertz CT molecular complexity index is 321. The lowest BCUT2D eigenvalue weighted by Gasteiger charge is -2.05. The van der Waals surface area contributed by atoms with Gasteiger partial charge >= 0.3 is 0 Å². The van der Waals surface area contributed by atoms with Crippen molar-refractivity contribution in [2.75, 3.05) is 6.54 Å². The van der Waals surface area contributed by atoms with Gasteiger partial charge in [0.1, 0.15) is 5.82 Å². The minimum atomic E-state index is -0.592. The monoisotopic (exact) mass is 215 g/mol. The number of amides is 1. The molecule has 0 unspecified atom stereocenters. The average molecular weight is 216 g/mol. The molecule has 1 aromatic carbocycles. The molecule has 0 atom stereocenters. The van der Waals surface area contributed by atoms with Crippen molar-refractivity contribution in [1.29, 1.82) is 0 Å². The summed E-state index contributed by atoms with van der Waals surface area (Å²) in [5, 5.41) is 2.70. The van der Waals surface area contributed by atoms with Gasteiger partial charge in [-0.15, -0.1) is 0 Å². The highest BCUT2D eigenvalue weighted by atomic mass is 35.5. The second-order valence-corrected chi connectivity index (χ2v) is 3.26. The first-order valence-corrected chi connectivity index (χ1v) is 4.76. The van der Waals surface area contributed by atoms with Gasteiger partial charge in [-0.05, 0) is 18.6 Å². The Labute approximate surface area is 87.1 Å². The van der Waals surface area contributed by atoms with Crippen molar-refractivity contribution < 1.29 is 9.18 Å². The number of rotatable bonds is 3. The van der Waals surface area contributed by atoms with E-state index in [2.05, 4.69) is 5.32 Å². The standard InChI is InChI=1S/C10H11ClFNO/c1-2-6-13-10(14)9-7(11)4-3-5-8(9)12/h3-5H,2,6H2,1H3,(H,13,14). The van der Waals surface area contributed by atoms with E-state index in [4.69, 9.17) is 11.6 Å². The molecule has 1 aromatic rings. The molecule has 0 heterocycles. The van der Waals surface area contributed by atoms with E-state index < -0.39 is 11.7 Å². The topological polar surface area (TPSA) is 29.1 Å². The number of hydrogen-bond acceptors (Lipinski definition) is 1. The van der Waals surface area contributed by atoms with Crippen LogP contribution in [0.25, 0.3) is 0 Å². The lowest BCUT2D eigenvalue weighted by Crippen LogP contribution is -2.25. The van der Waals surface area contributed by atoms with Gasteiger partial charge in [0.25, 0.3) is 5.91 Å². The molecule has 0 radical (unpaired) electrons. The van der Waals surface area contributed by atoms with Crippen LogP contribution in [0.5, 0.6) is 0 Å². The molecule has 0 aromatic heterocycles. The first-order valence-electron chi connectivity index (χ1n) is 4.39. The van der Waals surface area contributed by atoms with E-state index in [9.17, 15) is 9.18 Å². The summed E-state index contributed by atoms with van der Waals surface area (Å²) in [5.74, 6) is -1.05. The van der Waals surface area contributed by atoms with Gasteiger partial charge in [0, 0.05) is 6.54 Å². The SMILES string of the molecule is CCCNC(=O)c1c(F)cccc1Cl. The lowest BCUT2D eigenvalue weighted by molar-refractivity contribution is 0.0950. The van der Waals surface area contributed by atoms with Gasteiger partial charge in [0.2, 0.25) is 0 Å². The number of carbonyl (C=O) groups is 1. The van der Waals surface area contributed by atoms with Gasteiger partial charge in [-0.1, -0.05) is 24.6 Å². The van der Waals surface area contributed by atoms with Gasteiger partial charge in [0.05, 0.1) is 10.6 Å². The molecule has 0 aliphatic carbocycles. The van der Waals surface area contributed by atoms with Crippen LogP contribution in [0.4, 0.5) is 4.39 Å². The van der Waals surface area contributed by atoms with Crippen molar-refractivity contribution in [3.05, 3.63) is 34.6 Å². The summed E-state index contributed by atoms with van der Waals surface area (Å²) in [5.41, 5.74) is -0.0809. The molecule has 14 heavy (non-hydrogen) atoms. The van der Waals surface area contributed by atoms with Gasteiger partial charge in [-0.3, -0.25) is 4.79 Å². The van der Waals surface area contributed by atoms with Crippen LogP contribution in [0.15, 0.2) is 18.2 Å². The fourth-order valence-electron chi connectivity index (χ4n) is 1.04. The summed E-state index contributed by atoms with van der Waals surface area (Å²) < 4.78 is 13.2. The van der Waals surface area contributed by atoms with E-state index in [1.54, 1.807) is 0 Å². The van der Waals surface area contributed by atoms with Crippen LogP contribution in [0.1, 0.15) is 23.7 Å². The molecule has 0 spiro atoms. The minimum Gasteiger partial charge on any atom is -0.352 e. The van der Waals surface area contributed by atoms with Crippen LogP contribution in [-0.2, 0) is 0 Å². The summed E-state index contributed by atoms with van der Waals surface area (Å²) >= 11 is 5.70. The first kappa shape index (κ1) is 11.0. The van der Waals surface area contributed by atoms with Crippen LogP contribution in [0.3, 0.4) is 0 Å². The summed E-state index contributed by atoms with van der Waals surface area (Å²) in [6.45, 7) is 2.44. The Kier molecular flexibility index (Phi) is 3.89. The Balaban J connectivity index is 2.89. The Morgan fingerprint density at radius 2 is 2.29 bits per heavy atom. The quantitative estimate of drug-likeness (QED) is 0.825. The summed E-state index contributed by atoms with van der Waals surface area (Å²) in [6, 6.07) is 4.17. The van der Waals surface area contributed by atoms with Crippen molar-refractivity contribution in [2.24, 2.45) is 0 Å². The fourth-order valence-corrected chi connectivity index (χ4v) is 1.29. The van der Waals surface area contributed by atoms with Gasteiger partial charge < -0.3 is 5.32 Å². The molecule has 0 bridgehead atoms. The van der Waals surface area contributed by atoms with E-state index in [0.29, 0.717) is 6.54 Å². The molecule has 0 saturated carbocycles.